The van der Waals surface area contributed by atoms with E-state index in [0.29, 0.717) is 11.3 Å². The second-order valence-corrected chi connectivity index (χ2v) is 12.6. The minimum absolute atomic E-state index is 0. The summed E-state index contributed by atoms with van der Waals surface area (Å²) in [7, 11) is 0. The molecule has 256 valence electrons. The molecule has 0 bridgehead atoms. The van der Waals surface area contributed by atoms with E-state index in [1.165, 1.54) is 93.6 Å². The maximum absolute atomic E-state index is 3.65. The molecule has 0 spiro atoms. The molecule has 5 aromatic carbocycles. The summed E-state index contributed by atoms with van der Waals surface area (Å²) < 4.78 is 3.34. The first-order chi connectivity index (χ1) is 22.4. The summed E-state index contributed by atoms with van der Waals surface area (Å²) in [5, 5.41) is 0. The predicted molar refractivity (Wildman–Crippen MR) is 216 cm³/mol. The van der Waals surface area contributed by atoms with Crippen molar-refractivity contribution >= 4 is 29.0 Å². The number of unbranched alkanes of at least 4 members (excludes halogenated alkanes) is 1. The van der Waals surface area contributed by atoms with E-state index in [0.717, 1.165) is 6.42 Å². The van der Waals surface area contributed by atoms with Crippen molar-refractivity contribution in [2.24, 2.45) is 11.3 Å². The number of benzene rings is 5. The third kappa shape index (κ3) is 13.0. The van der Waals surface area contributed by atoms with Gasteiger partial charge in [0.1, 0.15) is 0 Å². The van der Waals surface area contributed by atoms with E-state index in [2.05, 4.69) is 153 Å². The van der Waals surface area contributed by atoms with Crippen LogP contribution in [-0.2, 0) is 30.7 Å². The minimum atomic E-state index is 0. The van der Waals surface area contributed by atoms with Crippen LogP contribution in [0.5, 0.6) is 0 Å². The van der Waals surface area contributed by atoms with Gasteiger partial charge in [-0.25, -0.2) is 6.08 Å². The summed E-state index contributed by atoms with van der Waals surface area (Å²) in [6.45, 7) is 9.03. The maximum atomic E-state index is 3.65. The van der Waals surface area contributed by atoms with Crippen molar-refractivity contribution in [1.29, 1.82) is 0 Å². The van der Waals surface area contributed by atoms with Crippen LogP contribution in [0.1, 0.15) is 58.1 Å². The fraction of sp³-hybridized carbons (Fsp3) is 0.217. The van der Waals surface area contributed by atoms with Crippen LogP contribution in [0.4, 0.5) is 0 Å². The molecule has 0 heterocycles. The van der Waals surface area contributed by atoms with Crippen molar-refractivity contribution in [2.45, 2.75) is 53.4 Å². The van der Waals surface area contributed by atoms with Gasteiger partial charge in [-0.3, -0.25) is 6.08 Å². The molecule has 0 amide bonds. The molecule has 0 fully saturated rings. The zero-order valence-electron chi connectivity index (χ0n) is 29.6. The monoisotopic (exact) mass is 762 g/mol. The van der Waals surface area contributed by atoms with Crippen molar-refractivity contribution in [1.82, 2.24) is 0 Å². The molecule has 0 N–H and O–H groups in total. The quantitative estimate of drug-likeness (QED) is 0.153. The molecule has 0 aliphatic heterocycles. The van der Waals surface area contributed by atoms with Crippen LogP contribution in [0.25, 0.3) is 33.4 Å². The molecule has 7 rings (SSSR count). The van der Waals surface area contributed by atoms with E-state index < -0.39 is 0 Å². The smallest absolute Gasteiger partial charge is 0.0181 e. The zero-order valence-corrected chi connectivity index (χ0v) is 33.7. The Labute approximate surface area is 325 Å². The fourth-order valence-electron chi connectivity index (χ4n) is 5.63. The van der Waals surface area contributed by atoms with Gasteiger partial charge >= 0.3 is 28.4 Å². The largest absolute Gasteiger partial charge is 0.358 e. The fourth-order valence-corrected chi connectivity index (χ4v) is 5.63. The normalized spacial score (nSPS) is 13.0. The Kier molecular flexibility index (Phi) is 20.3. The molecule has 3 heteroatoms. The second-order valence-electron chi connectivity index (χ2n) is 12.6. The molecule has 1 unspecified atom stereocenters. The minimum Gasteiger partial charge on any atom is -0.358 e. The molecule has 1 atom stereocenters. The van der Waals surface area contributed by atoms with E-state index in [4.69, 9.17) is 0 Å². The van der Waals surface area contributed by atoms with Gasteiger partial charge in [0, 0.05) is 0 Å². The van der Waals surface area contributed by atoms with E-state index in [1.54, 1.807) is 0 Å². The summed E-state index contributed by atoms with van der Waals surface area (Å²) in [5.41, 5.74) is 12.1. The Morgan fingerprint density at radius 2 is 1.33 bits per heavy atom. The van der Waals surface area contributed by atoms with Gasteiger partial charge in [-0.1, -0.05) is 154 Å². The molecule has 0 aromatic heterocycles. The van der Waals surface area contributed by atoms with E-state index >= 15 is 0 Å². The van der Waals surface area contributed by atoms with Crippen LogP contribution in [0.2, 0.25) is 0 Å². The first kappa shape index (κ1) is 43.9. The Bertz CT molecular complexity index is 1590. The first-order valence-electron chi connectivity index (χ1n) is 16.3. The average molecular weight is 765 g/mol. The predicted octanol–water partition coefficient (Wildman–Crippen LogP) is 13.3. The maximum Gasteiger partial charge on any atom is -0.0181 e. The third-order valence-electron chi connectivity index (χ3n) is 8.16. The molecular weight excluding hydrogens is 715 g/mol. The number of allylic oxidation sites excluding steroid dienone is 4. The van der Waals surface area contributed by atoms with Gasteiger partial charge in [-0.05, 0) is 23.1 Å². The summed E-state index contributed by atoms with van der Waals surface area (Å²) in [4.78, 5) is 0. The Morgan fingerprint density at radius 1 is 0.735 bits per heavy atom. The molecular formula is C46H50Cl2Zr-4. The SMILES string of the molecule is CCCCC1[C-]=CC(C(C)(C)C)=C1.Cl.Cl.[CH2]=[Zr].[CH3-].[c-]1c(-c2ccccc2)ccc2c1Cc1cc(-c3ccccc3)ccc1-2.[c-]1ccccc1. The Hall–Kier alpha value is -3.09. The van der Waals surface area contributed by atoms with Crippen LogP contribution < -0.4 is 0 Å². The molecule has 0 nitrogen and oxygen atoms in total. The first-order valence-corrected chi connectivity index (χ1v) is 18.0. The topological polar surface area (TPSA) is 0 Å². The molecule has 2 aliphatic carbocycles. The molecule has 0 radical (unpaired) electrons. The standard InChI is InChI=1S/C25H17.C13H21.C6H5.CH3.CH2.2ClH.Zr/c1-3-7-18(8-4-1)20-11-13-24-22(15-20)17-23-16-21(12-14-25(23)24)19-9-5-2-6-10-19;1-5-6-7-11-8-9-12(10-11)13(2,3)4;1-2-4-6-5-3-1;;;;;/h1-15H,17H2;9-11H,5-7H2,1-4H3;1-5H;1H3;1H2;2*1H;/q4*-1;;;;. The van der Waals surface area contributed by atoms with Crippen LogP contribution in [0, 0.1) is 37.0 Å². The van der Waals surface area contributed by atoms with Crippen molar-refractivity contribution < 1.29 is 24.2 Å². The third-order valence-corrected chi connectivity index (χ3v) is 8.16. The molecule has 0 saturated carbocycles. The Balaban J connectivity index is 0.000000424. The summed E-state index contributed by atoms with van der Waals surface area (Å²) in [6.07, 6.45) is 12.8. The van der Waals surface area contributed by atoms with E-state index in [9.17, 15) is 0 Å². The van der Waals surface area contributed by atoms with Crippen LogP contribution in [-0.4, -0.2) is 4.21 Å². The number of fused-ring (bicyclic) bond motifs is 3. The molecule has 2 aliphatic rings. The van der Waals surface area contributed by atoms with Gasteiger partial charge < -0.3 is 7.43 Å². The summed E-state index contributed by atoms with van der Waals surface area (Å²) in [5.74, 6) is 0.592. The van der Waals surface area contributed by atoms with Crippen LogP contribution in [0.3, 0.4) is 0 Å². The van der Waals surface area contributed by atoms with Crippen LogP contribution in [0.15, 0.2) is 139 Å². The number of halogens is 2. The van der Waals surface area contributed by atoms with Gasteiger partial charge in [0.2, 0.25) is 0 Å². The Morgan fingerprint density at radius 3 is 1.86 bits per heavy atom. The van der Waals surface area contributed by atoms with Crippen LogP contribution >= 0.6 is 24.8 Å². The zero-order chi connectivity index (χ0) is 32.8. The summed E-state index contributed by atoms with van der Waals surface area (Å²) in [6, 6.07) is 48.5. The van der Waals surface area contributed by atoms with Gasteiger partial charge in [-0.2, -0.15) is 48.0 Å². The second kappa shape index (κ2) is 22.6. The van der Waals surface area contributed by atoms with Gasteiger partial charge in [-0.15, -0.1) is 54.1 Å². The number of rotatable bonds is 5. The van der Waals surface area contributed by atoms with Gasteiger partial charge in [0.25, 0.3) is 0 Å². The van der Waals surface area contributed by atoms with E-state index in [-0.39, 0.29) is 32.2 Å². The summed E-state index contributed by atoms with van der Waals surface area (Å²) >= 11 is 1.30. The molecule has 5 aromatic rings. The van der Waals surface area contributed by atoms with E-state index in [1.807, 2.05) is 30.3 Å². The van der Waals surface area contributed by atoms with Crippen molar-refractivity contribution in [2.75, 3.05) is 0 Å². The van der Waals surface area contributed by atoms with Crippen molar-refractivity contribution in [3.8, 4) is 33.4 Å². The van der Waals surface area contributed by atoms with Gasteiger partial charge in [0.15, 0.2) is 0 Å². The van der Waals surface area contributed by atoms with Crippen molar-refractivity contribution in [3.63, 3.8) is 0 Å². The van der Waals surface area contributed by atoms with Gasteiger partial charge in [0.05, 0.1) is 0 Å². The average Bonchev–Trinajstić information content (AvgIpc) is 3.75. The molecule has 0 saturated heterocycles. The number of hydrogen-bond acceptors (Lipinski definition) is 0. The number of hydrogen-bond donors (Lipinski definition) is 0. The molecule has 49 heavy (non-hydrogen) atoms. The van der Waals surface area contributed by atoms with Crippen molar-refractivity contribution in [3.05, 3.63) is 176 Å².